The maximum atomic E-state index is 13.0. The van der Waals surface area contributed by atoms with Gasteiger partial charge in [0.05, 0.1) is 29.0 Å². The Morgan fingerprint density at radius 1 is 1.04 bits per heavy atom. The average molecular weight is 313 g/mol. The highest BCUT2D eigenvalue weighted by Crippen LogP contribution is 2.11. The third-order valence-corrected chi connectivity index (χ3v) is 2.74. The number of nitriles is 2. The minimum absolute atomic E-state index is 0.0130. The number of Topliss-reactive ketones (excluding diaryl/α,β-unsaturated/α-hetero) is 1. The molecule has 0 radical (unpaired) electrons. The fourth-order valence-electron chi connectivity index (χ4n) is 1.66. The molecule has 0 atom stereocenters. The van der Waals surface area contributed by atoms with Crippen molar-refractivity contribution < 1.29 is 13.6 Å². The number of benzene rings is 2. The van der Waals surface area contributed by atoms with Crippen molar-refractivity contribution in [2.24, 2.45) is 0 Å². The van der Waals surface area contributed by atoms with E-state index in [1.807, 2.05) is 12.1 Å². The Bertz CT molecular complexity index is 804. The molecule has 0 spiro atoms. The van der Waals surface area contributed by atoms with Gasteiger partial charge in [-0.3, -0.25) is 4.79 Å². The maximum Gasteiger partial charge on any atom is 0.146 e. The first-order chi connectivity index (χ1) is 10.9. The molecule has 2 aromatic rings. The Balaban J connectivity index is 0.000000238. The Kier molecular flexibility index (Phi) is 6.39. The van der Waals surface area contributed by atoms with E-state index in [4.69, 9.17) is 16.3 Å². The van der Waals surface area contributed by atoms with E-state index in [1.165, 1.54) is 43.3 Å². The molecule has 0 heterocycles. The van der Waals surface area contributed by atoms with Crippen molar-refractivity contribution in [3.8, 4) is 12.1 Å². The number of rotatable bonds is 2. The second kappa shape index (κ2) is 8.26. The fraction of sp³-hybridized carbons (Fsp3) is 0.118. The van der Waals surface area contributed by atoms with Crippen LogP contribution in [0.3, 0.4) is 0 Å². The molecule has 6 heteroatoms. The van der Waals surface area contributed by atoms with E-state index >= 15 is 0 Å². The third-order valence-electron chi connectivity index (χ3n) is 2.74. The average Bonchev–Trinajstić information content (AvgIpc) is 2.52. The minimum atomic E-state index is -0.487. The Morgan fingerprint density at radius 3 is 2.04 bits per heavy atom. The zero-order valence-corrected chi connectivity index (χ0v) is 12.3. The van der Waals surface area contributed by atoms with Crippen molar-refractivity contribution in [2.75, 3.05) is 5.73 Å². The molecule has 0 amide bonds. The fourth-order valence-corrected chi connectivity index (χ4v) is 1.66. The summed E-state index contributed by atoms with van der Waals surface area (Å²) in [6.45, 7) is 1.39. The number of carbonyl (C=O) groups is 1. The van der Waals surface area contributed by atoms with Crippen LogP contribution in [-0.4, -0.2) is 5.78 Å². The van der Waals surface area contributed by atoms with Gasteiger partial charge >= 0.3 is 0 Å². The van der Waals surface area contributed by atoms with E-state index in [0.29, 0.717) is 11.1 Å². The molecule has 0 aliphatic rings. The van der Waals surface area contributed by atoms with Crippen molar-refractivity contribution in [1.29, 1.82) is 10.5 Å². The Labute approximate surface area is 132 Å². The molecule has 0 bridgehead atoms. The molecule has 0 saturated heterocycles. The van der Waals surface area contributed by atoms with Gasteiger partial charge in [0.2, 0.25) is 0 Å². The number of carbonyl (C=O) groups excluding carboxylic acids is 1. The molecule has 116 valence electrons. The van der Waals surface area contributed by atoms with E-state index in [-0.39, 0.29) is 23.5 Å². The van der Waals surface area contributed by atoms with Gasteiger partial charge in [-0.15, -0.1) is 0 Å². The Morgan fingerprint density at radius 2 is 1.57 bits per heavy atom. The lowest BCUT2D eigenvalue weighted by Crippen LogP contribution is -1.99. The molecule has 2 rings (SSSR count). The number of nitrogen functional groups attached to an aromatic ring is 1. The van der Waals surface area contributed by atoms with Gasteiger partial charge in [-0.2, -0.15) is 10.5 Å². The summed E-state index contributed by atoms with van der Waals surface area (Å²) in [4.78, 5) is 10.7. The normalized spacial score (nSPS) is 9.09. The van der Waals surface area contributed by atoms with E-state index < -0.39 is 11.6 Å². The Hall–Kier alpha value is -3.25. The molecular formula is C17H13F2N3O. The van der Waals surface area contributed by atoms with Gasteiger partial charge in [0, 0.05) is 6.42 Å². The summed E-state index contributed by atoms with van der Waals surface area (Å²) < 4.78 is 25.4. The molecule has 23 heavy (non-hydrogen) atoms. The highest BCUT2D eigenvalue weighted by Gasteiger charge is 2.05. The number of nitrogens with two attached hydrogens (primary N) is 1. The lowest BCUT2D eigenvalue weighted by molar-refractivity contribution is -0.116. The van der Waals surface area contributed by atoms with Crippen LogP contribution in [0.5, 0.6) is 0 Å². The standard InChI is InChI=1S/C10H8FNO.C7H5FN2/c1-7(13)4-9-5-8(6-12)2-3-10(9)11;8-6-2-1-5(4-9)3-7(6)10/h2-3,5H,4H2,1H3;1-3H,10H2. The number of ketones is 1. The summed E-state index contributed by atoms with van der Waals surface area (Å²) in [5.74, 6) is -1.04. The predicted octanol–water partition coefficient (Wildman–Crippen LogP) is 3.11. The molecule has 0 aliphatic heterocycles. The van der Waals surface area contributed by atoms with Gasteiger partial charge in [0.15, 0.2) is 0 Å². The lowest BCUT2D eigenvalue weighted by Gasteiger charge is -1.99. The van der Waals surface area contributed by atoms with Gasteiger partial charge in [0.1, 0.15) is 17.4 Å². The monoisotopic (exact) mass is 313 g/mol. The largest absolute Gasteiger partial charge is 0.396 e. The van der Waals surface area contributed by atoms with Gasteiger partial charge in [0.25, 0.3) is 0 Å². The van der Waals surface area contributed by atoms with E-state index in [1.54, 1.807) is 0 Å². The highest BCUT2D eigenvalue weighted by molar-refractivity contribution is 5.78. The molecule has 2 aromatic carbocycles. The van der Waals surface area contributed by atoms with Gasteiger partial charge in [-0.25, -0.2) is 8.78 Å². The molecule has 0 saturated carbocycles. The summed E-state index contributed by atoms with van der Waals surface area (Å²) in [7, 11) is 0. The van der Waals surface area contributed by atoms with Crippen molar-refractivity contribution in [1.82, 2.24) is 0 Å². The lowest BCUT2D eigenvalue weighted by atomic mass is 10.1. The number of nitrogens with zero attached hydrogens (tertiary/aromatic N) is 2. The summed E-state index contributed by atoms with van der Waals surface area (Å²) in [6, 6.07) is 11.6. The molecule has 0 aliphatic carbocycles. The molecule has 0 fully saturated rings. The first kappa shape index (κ1) is 17.8. The van der Waals surface area contributed by atoms with Crippen LogP contribution < -0.4 is 5.73 Å². The first-order valence-electron chi connectivity index (χ1n) is 6.50. The van der Waals surface area contributed by atoms with Crippen molar-refractivity contribution in [3.63, 3.8) is 0 Å². The van der Waals surface area contributed by atoms with E-state index in [0.717, 1.165) is 0 Å². The highest BCUT2D eigenvalue weighted by atomic mass is 19.1. The van der Waals surface area contributed by atoms with Crippen LogP contribution >= 0.6 is 0 Å². The molecule has 2 N–H and O–H groups in total. The third kappa shape index (κ3) is 5.56. The number of anilines is 1. The maximum absolute atomic E-state index is 13.0. The van der Waals surface area contributed by atoms with Gasteiger partial charge < -0.3 is 5.73 Å². The first-order valence-corrected chi connectivity index (χ1v) is 6.50. The van der Waals surface area contributed by atoms with Crippen LogP contribution in [0, 0.1) is 34.3 Å². The molecule has 4 nitrogen and oxygen atoms in total. The van der Waals surface area contributed by atoms with Gasteiger partial charge in [-0.1, -0.05) is 0 Å². The zero-order chi connectivity index (χ0) is 17.4. The van der Waals surface area contributed by atoms with Crippen molar-refractivity contribution in [2.45, 2.75) is 13.3 Å². The van der Waals surface area contributed by atoms with E-state index in [2.05, 4.69) is 0 Å². The summed E-state index contributed by atoms with van der Waals surface area (Å²) in [5, 5.41) is 16.9. The molecule has 0 aromatic heterocycles. The molecule has 0 unspecified atom stereocenters. The minimum Gasteiger partial charge on any atom is -0.396 e. The summed E-state index contributed by atoms with van der Waals surface area (Å²) in [5.41, 5.74) is 6.21. The van der Waals surface area contributed by atoms with Crippen LogP contribution in [0.2, 0.25) is 0 Å². The SMILES string of the molecule is CC(=O)Cc1cc(C#N)ccc1F.N#Cc1ccc(F)c(N)c1. The predicted molar refractivity (Wildman–Crippen MR) is 81.0 cm³/mol. The van der Waals surface area contributed by atoms with Crippen molar-refractivity contribution >= 4 is 11.5 Å². The second-order valence-electron chi connectivity index (χ2n) is 4.64. The smallest absolute Gasteiger partial charge is 0.146 e. The zero-order valence-electron chi connectivity index (χ0n) is 12.3. The topological polar surface area (TPSA) is 90.7 Å². The van der Waals surface area contributed by atoms with E-state index in [9.17, 15) is 13.6 Å². The van der Waals surface area contributed by atoms with Crippen LogP contribution in [0.15, 0.2) is 36.4 Å². The number of hydrogen-bond acceptors (Lipinski definition) is 4. The van der Waals surface area contributed by atoms with Crippen LogP contribution in [0.4, 0.5) is 14.5 Å². The number of hydrogen-bond donors (Lipinski definition) is 1. The van der Waals surface area contributed by atoms with Crippen LogP contribution in [0.25, 0.3) is 0 Å². The van der Waals surface area contributed by atoms with Gasteiger partial charge in [-0.05, 0) is 48.9 Å². The summed E-state index contributed by atoms with van der Waals surface area (Å²) in [6.07, 6.45) is 0.0430. The second-order valence-corrected chi connectivity index (χ2v) is 4.64. The van der Waals surface area contributed by atoms with Crippen molar-refractivity contribution in [3.05, 3.63) is 64.7 Å². The molecular weight excluding hydrogens is 300 g/mol. The van der Waals surface area contributed by atoms with Crippen LogP contribution in [-0.2, 0) is 11.2 Å². The summed E-state index contributed by atoms with van der Waals surface area (Å²) >= 11 is 0. The van der Waals surface area contributed by atoms with Crippen LogP contribution in [0.1, 0.15) is 23.6 Å². The number of halogens is 2. The quantitative estimate of drug-likeness (QED) is 0.862.